The number of nitrogens with one attached hydrogen (secondary N) is 1. The van der Waals surface area contributed by atoms with Crippen LogP contribution in [0.25, 0.3) is 0 Å². The van der Waals surface area contributed by atoms with Crippen LogP contribution in [0.2, 0.25) is 0 Å². The number of hydrogen-bond acceptors (Lipinski definition) is 1. The largest absolute Gasteiger partial charge is 0.352 e. The van der Waals surface area contributed by atoms with Crippen LogP contribution < -0.4 is 5.32 Å². The van der Waals surface area contributed by atoms with Crippen molar-refractivity contribution in [2.75, 3.05) is 6.54 Å². The molecule has 1 saturated carbocycles. The number of aryl methyl sites for hydroxylation is 1. The van der Waals surface area contributed by atoms with E-state index in [2.05, 4.69) is 27.9 Å². The molecule has 2 nitrogen and oxygen atoms in total. The molecule has 0 saturated heterocycles. The van der Waals surface area contributed by atoms with Crippen molar-refractivity contribution in [2.24, 2.45) is 5.92 Å². The van der Waals surface area contributed by atoms with Crippen molar-refractivity contribution in [3.63, 3.8) is 0 Å². The van der Waals surface area contributed by atoms with E-state index in [1.165, 1.54) is 12.8 Å². The lowest BCUT2D eigenvalue weighted by atomic mass is 10.1. The summed E-state index contributed by atoms with van der Waals surface area (Å²) in [6.45, 7) is 2.84. The lowest BCUT2D eigenvalue weighted by molar-refractivity contribution is 0.0951. The second-order valence-corrected chi connectivity index (χ2v) is 5.50. The highest BCUT2D eigenvalue weighted by molar-refractivity contribution is 14.1. The second kappa shape index (κ2) is 5.17. The Hall–Kier alpha value is -0.580. The molecule has 86 valence electrons. The van der Waals surface area contributed by atoms with E-state index in [-0.39, 0.29) is 5.91 Å². The summed E-state index contributed by atoms with van der Waals surface area (Å²) < 4.78 is 1.06. The van der Waals surface area contributed by atoms with Gasteiger partial charge in [0.15, 0.2) is 0 Å². The van der Waals surface area contributed by atoms with Crippen LogP contribution in [0, 0.1) is 16.4 Å². The zero-order valence-corrected chi connectivity index (χ0v) is 11.6. The SMILES string of the molecule is Cc1cccc(C(=O)NCCC2CC2)c1I. The van der Waals surface area contributed by atoms with E-state index in [0.717, 1.165) is 33.6 Å². The predicted octanol–water partition coefficient (Wildman–Crippen LogP) is 3.13. The van der Waals surface area contributed by atoms with E-state index >= 15 is 0 Å². The molecule has 0 aliphatic heterocycles. The van der Waals surface area contributed by atoms with Gasteiger partial charge in [-0.1, -0.05) is 25.0 Å². The lowest BCUT2D eigenvalue weighted by Crippen LogP contribution is -2.25. The molecule has 1 aliphatic rings. The van der Waals surface area contributed by atoms with Crippen LogP contribution in [0.5, 0.6) is 0 Å². The third-order valence-corrected chi connectivity index (χ3v) is 4.40. The first-order chi connectivity index (χ1) is 7.68. The Morgan fingerprint density at radius 1 is 1.50 bits per heavy atom. The summed E-state index contributed by atoms with van der Waals surface area (Å²) in [7, 11) is 0. The van der Waals surface area contributed by atoms with Crippen molar-refractivity contribution >= 4 is 28.5 Å². The van der Waals surface area contributed by atoms with Gasteiger partial charge in [-0.05, 0) is 53.5 Å². The molecule has 1 N–H and O–H groups in total. The van der Waals surface area contributed by atoms with Crippen LogP contribution in [0.1, 0.15) is 35.2 Å². The molecule has 0 atom stereocenters. The molecule has 0 heterocycles. The summed E-state index contributed by atoms with van der Waals surface area (Å²) in [6.07, 6.45) is 3.82. The Morgan fingerprint density at radius 2 is 2.25 bits per heavy atom. The van der Waals surface area contributed by atoms with Crippen molar-refractivity contribution in [1.29, 1.82) is 0 Å². The number of benzene rings is 1. The monoisotopic (exact) mass is 329 g/mol. The smallest absolute Gasteiger partial charge is 0.252 e. The number of halogens is 1. The fraction of sp³-hybridized carbons (Fsp3) is 0.462. The number of rotatable bonds is 4. The Kier molecular flexibility index (Phi) is 3.84. The van der Waals surface area contributed by atoms with Crippen LogP contribution in [0.15, 0.2) is 18.2 Å². The number of hydrogen-bond donors (Lipinski definition) is 1. The van der Waals surface area contributed by atoms with Crippen LogP contribution in [0.4, 0.5) is 0 Å². The minimum absolute atomic E-state index is 0.0637. The molecular formula is C13H16INO. The van der Waals surface area contributed by atoms with Crippen molar-refractivity contribution in [1.82, 2.24) is 5.32 Å². The van der Waals surface area contributed by atoms with Gasteiger partial charge >= 0.3 is 0 Å². The molecule has 0 unspecified atom stereocenters. The van der Waals surface area contributed by atoms with E-state index in [0.29, 0.717) is 0 Å². The fourth-order valence-corrected chi connectivity index (χ4v) is 2.32. The zero-order valence-electron chi connectivity index (χ0n) is 9.42. The van der Waals surface area contributed by atoms with Crippen molar-refractivity contribution in [3.05, 3.63) is 32.9 Å². The van der Waals surface area contributed by atoms with Gasteiger partial charge in [-0.15, -0.1) is 0 Å². The van der Waals surface area contributed by atoms with Crippen LogP contribution in [-0.2, 0) is 0 Å². The maximum absolute atomic E-state index is 11.9. The van der Waals surface area contributed by atoms with Gasteiger partial charge in [-0.2, -0.15) is 0 Å². The van der Waals surface area contributed by atoms with Gasteiger partial charge < -0.3 is 5.32 Å². The van der Waals surface area contributed by atoms with Crippen molar-refractivity contribution < 1.29 is 4.79 Å². The maximum atomic E-state index is 11.9. The standard InChI is InChI=1S/C13H16INO/c1-9-3-2-4-11(12(9)14)13(16)15-8-7-10-5-6-10/h2-4,10H,5-8H2,1H3,(H,15,16). The zero-order chi connectivity index (χ0) is 11.5. The van der Waals surface area contributed by atoms with Gasteiger partial charge in [-0.3, -0.25) is 4.79 Å². The molecule has 0 bridgehead atoms. The fourth-order valence-electron chi connectivity index (χ4n) is 1.71. The highest BCUT2D eigenvalue weighted by atomic mass is 127. The summed E-state index contributed by atoms with van der Waals surface area (Å²) >= 11 is 2.24. The van der Waals surface area contributed by atoms with Gasteiger partial charge in [0.2, 0.25) is 0 Å². The molecule has 1 aromatic rings. The molecule has 1 fully saturated rings. The average molecular weight is 329 g/mol. The van der Waals surface area contributed by atoms with E-state index in [1.807, 2.05) is 25.1 Å². The minimum atomic E-state index is 0.0637. The Labute approximate surface area is 110 Å². The Bertz CT molecular complexity index is 399. The molecule has 3 heteroatoms. The van der Waals surface area contributed by atoms with Gasteiger partial charge in [0.25, 0.3) is 5.91 Å². The van der Waals surface area contributed by atoms with Crippen LogP contribution >= 0.6 is 22.6 Å². The van der Waals surface area contributed by atoms with Gasteiger partial charge in [-0.25, -0.2) is 0 Å². The summed E-state index contributed by atoms with van der Waals surface area (Å²) in [5.74, 6) is 0.936. The van der Waals surface area contributed by atoms with E-state index in [4.69, 9.17) is 0 Å². The highest BCUT2D eigenvalue weighted by Crippen LogP contribution is 2.31. The Morgan fingerprint density at radius 3 is 2.94 bits per heavy atom. The molecule has 0 aromatic heterocycles. The van der Waals surface area contributed by atoms with Crippen LogP contribution in [0.3, 0.4) is 0 Å². The second-order valence-electron chi connectivity index (χ2n) is 4.42. The number of amides is 1. The van der Waals surface area contributed by atoms with E-state index in [1.54, 1.807) is 0 Å². The molecule has 1 amide bonds. The van der Waals surface area contributed by atoms with E-state index < -0.39 is 0 Å². The summed E-state index contributed by atoms with van der Waals surface area (Å²) in [4.78, 5) is 11.9. The molecular weight excluding hydrogens is 313 g/mol. The normalized spacial score (nSPS) is 14.9. The molecule has 0 spiro atoms. The molecule has 0 radical (unpaired) electrons. The number of carbonyl (C=O) groups is 1. The van der Waals surface area contributed by atoms with Gasteiger partial charge in [0.05, 0.1) is 5.56 Å². The first-order valence-electron chi connectivity index (χ1n) is 5.72. The van der Waals surface area contributed by atoms with Gasteiger partial charge in [0, 0.05) is 10.1 Å². The van der Waals surface area contributed by atoms with Crippen LogP contribution in [-0.4, -0.2) is 12.5 Å². The highest BCUT2D eigenvalue weighted by Gasteiger charge is 2.20. The summed E-state index contributed by atoms with van der Waals surface area (Å²) in [5.41, 5.74) is 1.96. The predicted molar refractivity (Wildman–Crippen MR) is 73.6 cm³/mol. The van der Waals surface area contributed by atoms with E-state index in [9.17, 15) is 4.79 Å². The first-order valence-corrected chi connectivity index (χ1v) is 6.79. The molecule has 1 aromatic carbocycles. The van der Waals surface area contributed by atoms with Crippen molar-refractivity contribution in [2.45, 2.75) is 26.2 Å². The molecule has 1 aliphatic carbocycles. The minimum Gasteiger partial charge on any atom is -0.352 e. The average Bonchev–Trinajstić information content (AvgIpc) is 3.06. The molecule has 16 heavy (non-hydrogen) atoms. The van der Waals surface area contributed by atoms with Gasteiger partial charge in [0.1, 0.15) is 0 Å². The number of carbonyl (C=O) groups excluding carboxylic acids is 1. The maximum Gasteiger partial charge on any atom is 0.252 e. The lowest BCUT2D eigenvalue weighted by Gasteiger charge is -2.08. The molecule has 2 rings (SSSR count). The van der Waals surface area contributed by atoms with Crippen molar-refractivity contribution in [3.8, 4) is 0 Å². The summed E-state index contributed by atoms with van der Waals surface area (Å²) in [6, 6.07) is 5.86. The third kappa shape index (κ3) is 2.97. The summed E-state index contributed by atoms with van der Waals surface area (Å²) in [5, 5.41) is 2.99. The quantitative estimate of drug-likeness (QED) is 0.845. The Balaban J connectivity index is 1.93. The third-order valence-electron chi connectivity index (χ3n) is 2.97. The topological polar surface area (TPSA) is 29.1 Å². The first kappa shape index (κ1) is 11.9.